The number of hydrogen-bond acceptors (Lipinski definition) is 3. The predicted octanol–water partition coefficient (Wildman–Crippen LogP) is 2.84. The molecule has 1 N–H and O–H groups in total. The zero-order valence-corrected chi connectivity index (χ0v) is 12.1. The van der Waals surface area contributed by atoms with Gasteiger partial charge in [0.15, 0.2) is 0 Å². The van der Waals surface area contributed by atoms with Gasteiger partial charge in [0.2, 0.25) is 0 Å². The second-order valence-corrected chi connectivity index (χ2v) is 6.37. The second-order valence-electron chi connectivity index (χ2n) is 6.37. The molecule has 0 radical (unpaired) electrons. The lowest BCUT2D eigenvalue weighted by molar-refractivity contribution is -0.152. The van der Waals surface area contributed by atoms with Crippen LogP contribution in [0.5, 0.6) is 0 Å². The molecule has 1 aromatic carbocycles. The van der Waals surface area contributed by atoms with Crippen molar-refractivity contribution >= 4 is 16.9 Å². The number of H-pyrrole nitrogens is 1. The van der Waals surface area contributed by atoms with Gasteiger partial charge in [-0.2, -0.15) is 0 Å². The Bertz CT molecular complexity index is 678. The Morgan fingerprint density at radius 3 is 3.10 bits per heavy atom. The zero-order valence-electron chi connectivity index (χ0n) is 12.1. The third-order valence-electron chi connectivity index (χ3n) is 4.76. The number of likely N-dealkylation sites (tertiary alicyclic amines) is 1. The molecule has 1 atom stereocenters. The summed E-state index contributed by atoms with van der Waals surface area (Å²) in [5.41, 5.74) is 2.30. The Balaban J connectivity index is 1.49. The van der Waals surface area contributed by atoms with Crippen LogP contribution in [0.3, 0.4) is 0 Å². The lowest BCUT2D eigenvalue weighted by Crippen LogP contribution is -2.47. The highest BCUT2D eigenvalue weighted by Gasteiger charge is 2.43. The van der Waals surface area contributed by atoms with Crippen molar-refractivity contribution in [2.45, 2.75) is 37.8 Å². The number of hydrogen-bond donors (Lipinski definition) is 1. The molecule has 1 aromatic heterocycles. The molecule has 4 heteroatoms. The smallest absolute Gasteiger partial charge is 0.306 e. The second kappa shape index (κ2) is 4.88. The Hall–Kier alpha value is -1.81. The number of esters is 1. The van der Waals surface area contributed by atoms with Crippen LogP contribution in [0.2, 0.25) is 0 Å². The number of nitrogens with one attached hydrogen (secondary N) is 1. The largest absolute Gasteiger partial charge is 0.458 e. The van der Waals surface area contributed by atoms with E-state index < -0.39 is 0 Å². The summed E-state index contributed by atoms with van der Waals surface area (Å²) in [6, 6.07) is 8.67. The number of benzene rings is 1. The van der Waals surface area contributed by atoms with E-state index in [0.717, 1.165) is 38.9 Å². The molecule has 2 aliphatic rings. The van der Waals surface area contributed by atoms with Gasteiger partial charge >= 0.3 is 5.97 Å². The van der Waals surface area contributed by atoms with Crippen molar-refractivity contribution in [1.82, 2.24) is 9.88 Å². The van der Waals surface area contributed by atoms with Gasteiger partial charge in [-0.15, -0.1) is 0 Å². The van der Waals surface area contributed by atoms with E-state index in [1.807, 2.05) is 6.20 Å². The minimum atomic E-state index is -0.201. The Labute approximate surface area is 124 Å². The van der Waals surface area contributed by atoms with Gasteiger partial charge in [-0.1, -0.05) is 6.07 Å². The maximum atomic E-state index is 11.5. The molecule has 2 saturated heterocycles. The maximum absolute atomic E-state index is 11.5. The first-order valence-corrected chi connectivity index (χ1v) is 7.73. The van der Waals surface area contributed by atoms with E-state index in [-0.39, 0.29) is 11.6 Å². The number of nitrogens with zero attached hydrogens (tertiary/aromatic N) is 1. The highest BCUT2D eigenvalue weighted by Crippen LogP contribution is 2.35. The zero-order chi connectivity index (χ0) is 14.3. The summed E-state index contributed by atoms with van der Waals surface area (Å²) in [6.45, 7) is 2.90. The van der Waals surface area contributed by atoms with Crippen molar-refractivity contribution in [3.63, 3.8) is 0 Å². The standard InChI is InChI=1S/C17H20N2O2/c20-16-4-7-17(21-16)6-1-9-19(12-17)11-13-2-3-15-14(10-13)5-8-18-15/h2-3,5,8,10,18H,1,4,6-7,9,11-12H2. The first kappa shape index (κ1) is 12.9. The Morgan fingerprint density at radius 1 is 1.29 bits per heavy atom. The lowest BCUT2D eigenvalue weighted by atomic mass is 9.90. The molecule has 0 bridgehead atoms. The SMILES string of the molecule is O=C1CCC2(CCCN(Cc3ccc4[nH]ccc4c3)C2)O1. The minimum Gasteiger partial charge on any atom is -0.458 e. The fraction of sp³-hybridized carbons (Fsp3) is 0.471. The highest BCUT2D eigenvalue weighted by atomic mass is 16.6. The van der Waals surface area contributed by atoms with Crippen LogP contribution in [0.25, 0.3) is 10.9 Å². The van der Waals surface area contributed by atoms with E-state index in [2.05, 4.69) is 34.1 Å². The normalized spacial score (nSPS) is 26.6. The van der Waals surface area contributed by atoms with Crippen molar-refractivity contribution in [2.24, 2.45) is 0 Å². The molecular formula is C17H20N2O2. The molecule has 0 saturated carbocycles. The topological polar surface area (TPSA) is 45.3 Å². The van der Waals surface area contributed by atoms with Gasteiger partial charge in [0.25, 0.3) is 0 Å². The summed E-state index contributed by atoms with van der Waals surface area (Å²) < 4.78 is 5.63. The molecule has 2 aliphatic heterocycles. The molecular weight excluding hydrogens is 264 g/mol. The van der Waals surface area contributed by atoms with E-state index in [9.17, 15) is 4.79 Å². The van der Waals surface area contributed by atoms with Gasteiger partial charge < -0.3 is 9.72 Å². The average Bonchev–Trinajstić information content (AvgIpc) is 3.06. The third kappa shape index (κ3) is 2.44. The molecule has 21 heavy (non-hydrogen) atoms. The van der Waals surface area contributed by atoms with Gasteiger partial charge in [-0.3, -0.25) is 9.69 Å². The molecule has 110 valence electrons. The van der Waals surface area contributed by atoms with Crippen LogP contribution in [0.15, 0.2) is 30.5 Å². The van der Waals surface area contributed by atoms with Crippen LogP contribution in [0.1, 0.15) is 31.2 Å². The third-order valence-corrected chi connectivity index (χ3v) is 4.76. The number of carbonyl (C=O) groups is 1. The van der Waals surface area contributed by atoms with Gasteiger partial charge in [-0.25, -0.2) is 0 Å². The van der Waals surface area contributed by atoms with E-state index in [1.165, 1.54) is 16.5 Å². The first-order chi connectivity index (χ1) is 10.2. The number of rotatable bonds is 2. The van der Waals surface area contributed by atoms with Gasteiger partial charge in [0.05, 0.1) is 0 Å². The molecule has 1 unspecified atom stereocenters. The van der Waals surface area contributed by atoms with Gasteiger partial charge in [0.1, 0.15) is 5.60 Å². The van der Waals surface area contributed by atoms with E-state index >= 15 is 0 Å². The quantitative estimate of drug-likeness (QED) is 0.863. The number of ether oxygens (including phenoxy) is 1. The maximum Gasteiger partial charge on any atom is 0.306 e. The van der Waals surface area contributed by atoms with Crippen molar-refractivity contribution in [1.29, 1.82) is 0 Å². The van der Waals surface area contributed by atoms with Crippen molar-refractivity contribution < 1.29 is 9.53 Å². The van der Waals surface area contributed by atoms with Gasteiger partial charge in [-0.05, 0) is 55.0 Å². The van der Waals surface area contributed by atoms with Crippen LogP contribution in [0.4, 0.5) is 0 Å². The molecule has 3 heterocycles. The van der Waals surface area contributed by atoms with Crippen LogP contribution in [-0.2, 0) is 16.1 Å². The van der Waals surface area contributed by atoms with Crippen molar-refractivity contribution in [3.05, 3.63) is 36.0 Å². The Kier molecular flexibility index (Phi) is 3.00. The first-order valence-electron chi connectivity index (χ1n) is 7.73. The van der Waals surface area contributed by atoms with Crippen LogP contribution in [-0.4, -0.2) is 34.5 Å². The highest BCUT2D eigenvalue weighted by molar-refractivity contribution is 5.79. The molecule has 0 amide bonds. The number of piperidine rings is 1. The minimum absolute atomic E-state index is 0.0226. The average molecular weight is 284 g/mol. The van der Waals surface area contributed by atoms with Crippen molar-refractivity contribution in [2.75, 3.05) is 13.1 Å². The molecule has 1 spiro atoms. The van der Waals surface area contributed by atoms with Crippen LogP contribution in [0, 0.1) is 0 Å². The molecule has 4 rings (SSSR count). The summed E-state index contributed by atoms with van der Waals surface area (Å²) in [5, 5.41) is 1.26. The van der Waals surface area contributed by atoms with E-state index in [4.69, 9.17) is 4.74 Å². The lowest BCUT2D eigenvalue weighted by Gasteiger charge is -2.39. The number of aromatic nitrogens is 1. The number of carbonyl (C=O) groups excluding carboxylic acids is 1. The summed E-state index contributed by atoms with van der Waals surface area (Å²) >= 11 is 0. The summed E-state index contributed by atoms with van der Waals surface area (Å²) in [4.78, 5) is 17.1. The summed E-state index contributed by atoms with van der Waals surface area (Å²) in [6.07, 6.45) is 5.58. The fourth-order valence-corrected chi connectivity index (χ4v) is 3.75. The summed E-state index contributed by atoms with van der Waals surface area (Å²) in [5.74, 6) is -0.0226. The molecule has 2 fully saturated rings. The van der Waals surface area contributed by atoms with Gasteiger partial charge in [0, 0.05) is 31.2 Å². The number of fused-ring (bicyclic) bond motifs is 1. The van der Waals surface area contributed by atoms with E-state index in [1.54, 1.807) is 0 Å². The monoisotopic (exact) mass is 284 g/mol. The Morgan fingerprint density at radius 2 is 2.24 bits per heavy atom. The van der Waals surface area contributed by atoms with E-state index in [0.29, 0.717) is 6.42 Å². The molecule has 4 nitrogen and oxygen atoms in total. The van der Waals surface area contributed by atoms with Crippen LogP contribution < -0.4 is 0 Å². The molecule has 0 aliphatic carbocycles. The van der Waals surface area contributed by atoms with Crippen molar-refractivity contribution in [3.8, 4) is 0 Å². The van der Waals surface area contributed by atoms with Crippen LogP contribution >= 0.6 is 0 Å². The summed E-state index contributed by atoms with van der Waals surface area (Å²) in [7, 11) is 0. The number of aromatic amines is 1. The fourth-order valence-electron chi connectivity index (χ4n) is 3.75. The molecule has 2 aromatic rings. The predicted molar refractivity (Wildman–Crippen MR) is 80.9 cm³/mol.